The van der Waals surface area contributed by atoms with Crippen molar-refractivity contribution in [3.05, 3.63) is 35.0 Å². The molecule has 4 nitrogen and oxygen atoms in total. The lowest BCUT2D eigenvalue weighted by Gasteiger charge is -2.08. The van der Waals surface area contributed by atoms with Crippen LogP contribution in [0.15, 0.2) is 35.0 Å². The Balaban J connectivity index is 1.81. The minimum atomic E-state index is -4.69. The van der Waals surface area contributed by atoms with Gasteiger partial charge in [-0.05, 0) is 24.3 Å². The van der Waals surface area contributed by atoms with E-state index in [9.17, 15) is 13.2 Å². The number of benzene rings is 1. The fourth-order valence-electron chi connectivity index (χ4n) is 1.74. The summed E-state index contributed by atoms with van der Waals surface area (Å²) in [5.41, 5.74) is 7.62. The van der Waals surface area contributed by atoms with E-state index in [0.29, 0.717) is 27.1 Å². The molecule has 0 amide bonds. The number of nitrogen functional groups attached to an aromatic ring is 1. The quantitative estimate of drug-likeness (QED) is 0.765. The molecular weight excluding hydrogens is 335 g/mol. The van der Waals surface area contributed by atoms with E-state index in [1.165, 1.54) is 46.9 Å². The van der Waals surface area contributed by atoms with Crippen molar-refractivity contribution in [2.45, 2.75) is 6.36 Å². The summed E-state index contributed by atoms with van der Waals surface area (Å²) in [5.74, 6) is -0.265. The monoisotopic (exact) mass is 343 g/mol. The van der Waals surface area contributed by atoms with Crippen LogP contribution in [0.4, 0.5) is 18.3 Å². The first-order valence-electron chi connectivity index (χ1n) is 5.94. The zero-order valence-electron chi connectivity index (χ0n) is 10.8. The van der Waals surface area contributed by atoms with Gasteiger partial charge in [0, 0.05) is 16.3 Å². The van der Waals surface area contributed by atoms with Gasteiger partial charge in [0.1, 0.15) is 16.5 Å². The highest BCUT2D eigenvalue weighted by Gasteiger charge is 2.30. The highest BCUT2D eigenvalue weighted by molar-refractivity contribution is 7.15. The van der Waals surface area contributed by atoms with E-state index < -0.39 is 6.36 Å². The summed E-state index contributed by atoms with van der Waals surface area (Å²) >= 11 is 2.71. The molecule has 0 saturated carbocycles. The van der Waals surface area contributed by atoms with Gasteiger partial charge in [-0.1, -0.05) is 0 Å². The molecule has 0 aliphatic rings. The zero-order chi connectivity index (χ0) is 15.7. The van der Waals surface area contributed by atoms with Crippen molar-refractivity contribution in [2.75, 3.05) is 5.73 Å². The smallest absolute Gasteiger partial charge is 0.406 e. The van der Waals surface area contributed by atoms with E-state index in [0.717, 1.165) is 0 Å². The molecule has 0 atom stereocenters. The standard InChI is InChI=1S/C13H8F3N3OS2/c14-13(15,16)20-8-3-1-7(2-4-8)9-5-21-11(18-9)10-6-22-12(17)19-10/h1-6H,(H2,17,19). The molecular formula is C13H8F3N3OS2. The van der Waals surface area contributed by atoms with Crippen molar-refractivity contribution in [1.82, 2.24) is 9.97 Å². The minimum Gasteiger partial charge on any atom is -0.406 e. The molecule has 2 aromatic heterocycles. The number of rotatable bonds is 3. The number of alkyl halides is 3. The number of hydrogen-bond acceptors (Lipinski definition) is 6. The molecule has 0 aliphatic carbocycles. The van der Waals surface area contributed by atoms with Gasteiger partial charge in [-0.2, -0.15) is 0 Å². The predicted molar refractivity (Wildman–Crippen MR) is 79.8 cm³/mol. The molecule has 0 aliphatic heterocycles. The lowest BCUT2D eigenvalue weighted by Crippen LogP contribution is -2.16. The van der Waals surface area contributed by atoms with Crippen molar-refractivity contribution in [3.8, 4) is 27.7 Å². The second kappa shape index (κ2) is 5.58. The van der Waals surface area contributed by atoms with Crippen molar-refractivity contribution < 1.29 is 17.9 Å². The average molecular weight is 343 g/mol. The van der Waals surface area contributed by atoms with Crippen LogP contribution in [0.1, 0.15) is 0 Å². The number of nitrogens with two attached hydrogens (primary N) is 1. The van der Waals surface area contributed by atoms with Gasteiger partial charge in [0.25, 0.3) is 0 Å². The molecule has 22 heavy (non-hydrogen) atoms. The summed E-state index contributed by atoms with van der Waals surface area (Å²) in [4.78, 5) is 8.55. The van der Waals surface area contributed by atoms with Crippen LogP contribution in [-0.2, 0) is 0 Å². The predicted octanol–water partition coefficient (Wildman–Crippen LogP) is 4.41. The Morgan fingerprint density at radius 1 is 0.955 bits per heavy atom. The Hall–Kier alpha value is -2.13. The van der Waals surface area contributed by atoms with Crippen LogP contribution in [0, 0.1) is 0 Å². The fourth-order valence-corrected chi connectivity index (χ4v) is 3.15. The van der Waals surface area contributed by atoms with E-state index in [4.69, 9.17) is 5.73 Å². The van der Waals surface area contributed by atoms with Crippen molar-refractivity contribution >= 4 is 27.8 Å². The Bertz CT molecular complexity index is 780. The molecule has 0 spiro atoms. The molecule has 114 valence electrons. The second-order valence-electron chi connectivity index (χ2n) is 4.18. The van der Waals surface area contributed by atoms with E-state index >= 15 is 0 Å². The molecule has 0 radical (unpaired) electrons. The molecule has 9 heteroatoms. The summed E-state index contributed by atoms with van der Waals surface area (Å²) in [7, 11) is 0. The topological polar surface area (TPSA) is 61.0 Å². The van der Waals surface area contributed by atoms with Gasteiger partial charge in [0.15, 0.2) is 5.13 Å². The van der Waals surface area contributed by atoms with Crippen LogP contribution < -0.4 is 10.5 Å². The first-order chi connectivity index (χ1) is 10.4. The molecule has 0 unspecified atom stereocenters. The Morgan fingerprint density at radius 2 is 1.64 bits per heavy atom. The van der Waals surface area contributed by atoms with Gasteiger partial charge in [0.2, 0.25) is 0 Å². The normalized spacial score (nSPS) is 11.6. The maximum absolute atomic E-state index is 12.1. The van der Waals surface area contributed by atoms with Gasteiger partial charge >= 0.3 is 6.36 Å². The molecule has 3 aromatic rings. The van der Waals surface area contributed by atoms with Crippen LogP contribution in [0.5, 0.6) is 5.75 Å². The second-order valence-corrected chi connectivity index (χ2v) is 5.93. The molecule has 2 heterocycles. The van der Waals surface area contributed by atoms with Gasteiger partial charge < -0.3 is 10.5 Å². The SMILES string of the molecule is Nc1nc(-c2nc(-c3ccc(OC(F)(F)F)cc3)cs2)cs1. The fraction of sp³-hybridized carbons (Fsp3) is 0.0769. The molecule has 0 saturated heterocycles. The van der Waals surface area contributed by atoms with Crippen LogP contribution in [0.3, 0.4) is 0 Å². The highest BCUT2D eigenvalue weighted by Crippen LogP contribution is 2.31. The number of aromatic nitrogens is 2. The number of hydrogen-bond donors (Lipinski definition) is 1. The first-order valence-corrected chi connectivity index (χ1v) is 7.70. The summed E-state index contributed by atoms with van der Waals surface area (Å²) in [6.07, 6.45) is -4.69. The van der Waals surface area contributed by atoms with E-state index in [2.05, 4.69) is 14.7 Å². The molecule has 0 fully saturated rings. The summed E-state index contributed by atoms with van der Waals surface area (Å²) in [6.45, 7) is 0. The maximum Gasteiger partial charge on any atom is 0.573 e. The van der Waals surface area contributed by atoms with Gasteiger partial charge in [-0.3, -0.25) is 0 Å². The van der Waals surface area contributed by atoms with Crippen LogP contribution in [0.2, 0.25) is 0 Å². The van der Waals surface area contributed by atoms with Crippen molar-refractivity contribution in [1.29, 1.82) is 0 Å². The minimum absolute atomic E-state index is 0.265. The third-order valence-electron chi connectivity index (χ3n) is 2.63. The lowest BCUT2D eigenvalue weighted by molar-refractivity contribution is -0.274. The Morgan fingerprint density at radius 3 is 2.23 bits per heavy atom. The van der Waals surface area contributed by atoms with Gasteiger partial charge in [0.05, 0.1) is 5.69 Å². The van der Waals surface area contributed by atoms with E-state index in [-0.39, 0.29) is 5.75 Å². The number of thiazole rings is 2. The molecule has 2 N–H and O–H groups in total. The van der Waals surface area contributed by atoms with Gasteiger partial charge in [-0.25, -0.2) is 9.97 Å². The number of nitrogens with zero attached hydrogens (tertiary/aromatic N) is 2. The number of ether oxygens (including phenoxy) is 1. The third kappa shape index (κ3) is 3.37. The highest BCUT2D eigenvalue weighted by atomic mass is 32.1. The van der Waals surface area contributed by atoms with Crippen LogP contribution in [0.25, 0.3) is 22.0 Å². The largest absolute Gasteiger partial charge is 0.573 e. The third-order valence-corrected chi connectivity index (χ3v) is 4.17. The average Bonchev–Trinajstić information content (AvgIpc) is 3.06. The number of anilines is 1. The van der Waals surface area contributed by atoms with Gasteiger partial charge in [-0.15, -0.1) is 35.8 Å². The van der Waals surface area contributed by atoms with Crippen LogP contribution >= 0.6 is 22.7 Å². The Labute approximate surface area is 131 Å². The molecule has 1 aromatic carbocycles. The molecule has 3 rings (SSSR count). The summed E-state index contributed by atoms with van der Waals surface area (Å²) in [5, 5.41) is 4.78. The van der Waals surface area contributed by atoms with Crippen LogP contribution in [-0.4, -0.2) is 16.3 Å². The van der Waals surface area contributed by atoms with Crippen molar-refractivity contribution in [3.63, 3.8) is 0 Å². The van der Waals surface area contributed by atoms with Crippen molar-refractivity contribution in [2.24, 2.45) is 0 Å². The maximum atomic E-state index is 12.1. The number of halogens is 3. The van der Waals surface area contributed by atoms with E-state index in [1.54, 1.807) is 5.38 Å². The Kier molecular flexibility index (Phi) is 3.75. The summed E-state index contributed by atoms with van der Waals surface area (Å²) in [6, 6.07) is 5.55. The summed E-state index contributed by atoms with van der Waals surface area (Å²) < 4.78 is 40.2. The van der Waals surface area contributed by atoms with E-state index in [1.807, 2.05) is 5.38 Å². The molecule has 0 bridgehead atoms. The zero-order valence-corrected chi connectivity index (χ0v) is 12.4. The first kappa shape index (κ1) is 14.8. The lowest BCUT2D eigenvalue weighted by atomic mass is 10.2.